The summed E-state index contributed by atoms with van der Waals surface area (Å²) in [6.45, 7) is 1.89. The first-order valence-corrected chi connectivity index (χ1v) is 8.41. The highest BCUT2D eigenvalue weighted by Crippen LogP contribution is 2.31. The van der Waals surface area contributed by atoms with Gasteiger partial charge in [-0.05, 0) is 31.2 Å². The fraction of sp³-hybridized carbons (Fsp3) is 0.0455. The Morgan fingerprint density at radius 2 is 1.42 bits per heavy atom. The third-order valence-electron chi connectivity index (χ3n) is 4.69. The van der Waals surface area contributed by atoms with Gasteiger partial charge in [0.25, 0.3) is 5.91 Å². The molecule has 0 fully saturated rings. The van der Waals surface area contributed by atoms with Crippen molar-refractivity contribution in [3.05, 3.63) is 78.1 Å². The SMILES string of the molecule is Cc1c(C(=O)Nc2ccc3c(c2)oc2ccccc23)oc2ccccc12. The van der Waals surface area contributed by atoms with Crippen LogP contribution in [0.2, 0.25) is 0 Å². The highest BCUT2D eigenvalue weighted by molar-refractivity contribution is 6.09. The third-order valence-corrected chi connectivity index (χ3v) is 4.69. The molecule has 0 spiro atoms. The minimum atomic E-state index is -0.269. The van der Waals surface area contributed by atoms with Gasteiger partial charge in [-0.1, -0.05) is 36.4 Å². The molecule has 5 aromatic rings. The Balaban J connectivity index is 1.52. The second kappa shape index (κ2) is 5.49. The van der Waals surface area contributed by atoms with Crippen LogP contribution >= 0.6 is 0 Å². The number of fused-ring (bicyclic) bond motifs is 4. The van der Waals surface area contributed by atoms with Gasteiger partial charge in [-0.15, -0.1) is 0 Å². The fourth-order valence-electron chi connectivity index (χ4n) is 3.38. The summed E-state index contributed by atoms with van der Waals surface area (Å²) >= 11 is 0. The number of aryl methyl sites for hydroxylation is 1. The van der Waals surface area contributed by atoms with Crippen molar-refractivity contribution in [3.8, 4) is 0 Å². The molecule has 4 nitrogen and oxygen atoms in total. The van der Waals surface area contributed by atoms with E-state index < -0.39 is 0 Å². The molecule has 1 N–H and O–H groups in total. The van der Waals surface area contributed by atoms with Crippen molar-refractivity contribution in [2.75, 3.05) is 5.32 Å². The fourth-order valence-corrected chi connectivity index (χ4v) is 3.38. The van der Waals surface area contributed by atoms with E-state index in [4.69, 9.17) is 8.83 Å². The molecular formula is C22H15NO3. The van der Waals surface area contributed by atoms with Gasteiger partial charge in [0.05, 0.1) is 0 Å². The van der Waals surface area contributed by atoms with Crippen LogP contribution in [0.3, 0.4) is 0 Å². The van der Waals surface area contributed by atoms with Gasteiger partial charge in [-0.3, -0.25) is 4.79 Å². The molecule has 0 aliphatic heterocycles. The number of hydrogen-bond donors (Lipinski definition) is 1. The van der Waals surface area contributed by atoms with Crippen LogP contribution in [0.15, 0.2) is 75.6 Å². The van der Waals surface area contributed by atoms with Crippen LogP contribution in [0, 0.1) is 6.92 Å². The highest BCUT2D eigenvalue weighted by atomic mass is 16.3. The summed E-state index contributed by atoms with van der Waals surface area (Å²) in [5, 5.41) is 5.94. The minimum absolute atomic E-state index is 0.269. The number of hydrogen-bond acceptors (Lipinski definition) is 3. The number of carbonyl (C=O) groups excluding carboxylic acids is 1. The zero-order valence-corrected chi connectivity index (χ0v) is 14.1. The Bertz CT molecular complexity index is 1290. The summed E-state index contributed by atoms with van der Waals surface area (Å²) < 4.78 is 11.6. The molecule has 0 radical (unpaired) electrons. The van der Waals surface area contributed by atoms with Crippen molar-refractivity contribution in [2.45, 2.75) is 6.92 Å². The normalized spacial score (nSPS) is 11.4. The average Bonchev–Trinajstić information content (AvgIpc) is 3.19. The van der Waals surface area contributed by atoms with Crippen LogP contribution in [0.25, 0.3) is 32.9 Å². The zero-order chi connectivity index (χ0) is 17.7. The van der Waals surface area contributed by atoms with E-state index in [1.807, 2.05) is 73.7 Å². The summed E-state index contributed by atoms with van der Waals surface area (Å²) in [6.07, 6.45) is 0. The van der Waals surface area contributed by atoms with E-state index in [1.54, 1.807) is 0 Å². The van der Waals surface area contributed by atoms with E-state index in [2.05, 4.69) is 5.32 Å². The van der Waals surface area contributed by atoms with Gasteiger partial charge >= 0.3 is 0 Å². The molecular weight excluding hydrogens is 326 g/mol. The van der Waals surface area contributed by atoms with Crippen LogP contribution in [-0.2, 0) is 0 Å². The quantitative estimate of drug-likeness (QED) is 0.435. The molecule has 0 aliphatic rings. The Kier molecular flexibility index (Phi) is 3.12. The maximum Gasteiger partial charge on any atom is 0.291 e. The Labute approximate surface area is 149 Å². The molecule has 126 valence electrons. The molecule has 4 heteroatoms. The molecule has 0 saturated carbocycles. The number of furan rings is 2. The lowest BCUT2D eigenvalue weighted by atomic mass is 10.1. The standard InChI is InChI=1S/C22H15NO3/c1-13-15-6-2-4-8-18(15)26-21(13)22(24)23-14-10-11-17-16-7-3-5-9-19(16)25-20(17)12-14/h2-12H,1H3,(H,23,24). The lowest BCUT2D eigenvalue weighted by Gasteiger charge is -2.03. The third kappa shape index (κ3) is 2.19. The Morgan fingerprint density at radius 3 is 2.19 bits per heavy atom. The number of benzene rings is 3. The van der Waals surface area contributed by atoms with E-state index >= 15 is 0 Å². The monoisotopic (exact) mass is 341 g/mol. The largest absolute Gasteiger partial charge is 0.456 e. The number of carbonyl (C=O) groups is 1. The molecule has 0 saturated heterocycles. The maximum atomic E-state index is 12.7. The van der Waals surface area contributed by atoms with Crippen LogP contribution in [0.5, 0.6) is 0 Å². The number of rotatable bonds is 2. The molecule has 3 aromatic carbocycles. The highest BCUT2D eigenvalue weighted by Gasteiger charge is 2.18. The van der Waals surface area contributed by atoms with Crippen molar-refractivity contribution < 1.29 is 13.6 Å². The second-order valence-corrected chi connectivity index (χ2v) is 6.32. The van der Waals surface area contributed by atoms with Gasteiger partial charge in [0.1, 0.15) is 16.7 Å². The van der Waals surface area contributed by atoms with Gasteiger partial charge in [-0.2, -0.15) is 0 Å². The van der Waals surface area contributed by atoms with Gasteiger partial charge in [0.2, 0.25) is 0 Å². The van der Waals surface area contributed by atoms with Gasteiger partial charge in [0, 0.05) is 33.5 Å². The average molecular weight is 341 g/mol. The summed E-state index contributed by atoms with van der Waals surface area (Å²) in [7, 11) is 0. The minimum Gasteiger partial charge on any atom is -0.456 e. The molecule has 2 aromatic heterocycles. The topological polar surface area (TPSA) is 55.4 Å². The lowest BCUT2D eigenvalue weighted by Crippen LogP contribution is -2.11. The number of amides is 1. The molecule has 26 heavy (non-hydrogen) atoms. The summed E-state index contributed by atoms with van der Waals surface area (Å²) in [5.74, 6) is 0.0602. The summed E-state index contributed by atoms with van der Waals surface area (Å²) in [5.41, 5.74) is 3.79. The maximum absolute atomic E-state index is 12.7. The van der Waals surface area contributed by atoms with Crippen molar-refractivity contribution in [1.82, 2.24) is 0 Å². The number of anilines is 1. The van der Waals surface area contributed by atoms with Crippen molar-refractivity contribution >= 4 is 44.5 Å². The molecule has 2 heterocycles. The first-order chi connectivity index (χ1) is 12.7. The smallest absolute Gasteiger partial charge is 0.291 e. The van der Waals surface area contributed by atoms with E-state index in [0.29, 0.717) is 17.0 Å². The van der Waals surface area contributed by atoms with Crippen LogP contribution in [0.4, 0.5) is 5.69 Å². The number of para-hydroxylation sites is 2. The molecule has 0 bridgehead atoms. The summed E-state index contributed by atoms with van der Waals surface area (Å²) in [6, 6.07) is 21.2. The Hall–Kier alpha value is -3.53. The van der Waals surface area contributed by atoms with Crippen molar-refractivity contribution in [3.63, 3.8) is 0 Å². The van der Waals surface area contributed by atoms with E-state index in [9.17, 15) is 4.79 Å². The van der Waals surface area contributed by atoms with E-state index in [-0.39, 0.29) is 5.91 Å². The molecule has 5 rings (SSSR count). The second-order valence-electron chi connectivity index (χ2n) is 6.32. The molecule has 0 aliphatic carbocycles. The lowest BCUT2D eigenvalue weighted by molar-refractivity contribution is 0.0998. The van der Waals surface area contributed by atoms with E-state index in [0.717, 1.165) is 32.9 Å². The van der Waals surface area contributed by atoms with Crippen molar-refractivity contribution in [2.24, 2.45) is 0 Å². The first kappa shape index (κ1) is 14.8. The van der Waals surface area contributed by atoms with Gasteiger partial charge in [-0.25, -0.2) is 0 Å². The van der Waals surface area contributed by atoms with Crippen molar-refractivity contribution in [1.29, 1.82) is 0 Å². The molecule has 0 unspecified atom stereocenters. The Morgan fingerprint density at radius 1 is 0.769 bits per heavy atom. The van der Waals surface area contributed by atoms with Crippen LogP contribution in [-0.4, -0.2) is 5.91 Å². The van der Waals surface area contributed by atoms with Crippen LogP contribution in [0.1, 0.15) is 16.1 Å². The summed E-state index contributed by atoms with van der Waals surface area (Å²) in [4.78, 5) is 12.7. The first-order valence-electron chi connectivity index (χ1n) is 8.41. The predicted octanol–water partition coefficient (Wildman–Crippen LogP) is 5.89. The van der Waals surface area contributed by atoms with E-state index in [1.165, 1.54) is 0 Å². The molecule has 0 atom stereocenters. The number of nitrogens with one attached hydrogen (secondary N) is 1. The predicted molar refractivity (Wildman–Crippen MR) is 103 cm³/mol. The van der Waals surface area contributed by atoms with Gasteiger partial charge in [0.15, 0.2) is 5.76 Å². The van der Waals surface area contributed by atoms with Crippen LogP contribution < -0.4 is 5.32 Å². The van der Waals surface area contributed by atoms with Gasteiger partial charge < -0.3 is 14.2 Å². The molecule has 1 amide bonds. The zero-order valence-electron chi connectivity index (χ0n) is 14.1.